The monoisotopic (exact) mass is 206 g/mol. The topological polar surface area (TPSA) is 38.0 Å². The fourth-order valence-electron chi connectivity index (χ4n) is 1.74. The first-order valence-corrected chi connectivity index (χ1v) is 5.65. The van der Waals surface area contributed by atoms with Gasteiger partial charge in [0.2, 0.25) is 0 Å². The first-order chi connectivity index (χ1) is 7.09. The molecule has 0 atom stereocenters. The lowest BCUT2D eigenvalue weighted by Gasteiger charge is -2.28. The maximum atomic E-state index is 5.60. The molecular formula is C13H22N2. The molecule has 0 unspecified atom stereocenters. The van der Waals surface area contributed by atoms with Gasteiger partial charge in [-0.15, -0.1) is 0 Å². The van der Waals surface area contributed by atoms with E-state index >= 15 is 0 Å². The van der Waals surface area contributed by atoms with Crippen molar-refractivity contribution in [3.8, 4) is 0 Å². The lowest BCUT2D eigenvalue weighted by Crippen LogP contribution is -2.33. The van der Waals surface area contributed by atoms with Crippen LogP contribution in [0.15, 0.2) is 24.3 Å². The van der Waals surface area contributed by atoms with Crippen molar-refractivity contribution in [3.63, 3.8) is 0 Å². The largest absolute Gasteiger partial charge is 0.380 e. The highest BCUT2D eigenvalue weighted by atomic mass is 15.0. The maximum absolute atomic E-state index is 5.60. The van der Waals surface area contributed by atoms with Gasteiger partial charge in [-0.2, -0.15) is 0 Å². The Bertz CT molecular complexity index is 305. The predicted octanol–water partition coefficient (Wildman–Crippen LogP) is 2.79. The Morgan fingerprint density at radius 3 is 2.53 bits per heavy atom. The smallest absolute Gasteiger partial charge is 0.0376 e. The molecule has 1 aromatic carbocycles. The van der Waals surface area contributed by atoms with E-state index in [2.05, 4.69) is 50.4 Å². The Labute approximate surface area is 92.9 Å². The Morgan fingerprint density at radius 2 is 1.93 bits per heavy atom. The third kappa shape index (κ3) is 3.56. The van der Waals surface area contributed by atoms with Crippen LogP contribution < -0.4 is 11.1 Å². The highest BCUT2D eigenvalue weighted by Gasteiger charge is 2.16. The summed E-state index contributed by atoms with van der Waals surface area (Å²) in [7, 11) is 0. The van der Waals surface area contributed by atoms with Crippen LogP contribution in [0.5, 0.6) is 0 Å². The molecule has 1 aromatic rings. The van der Waals surface area contributed by atoms with Crippen LogP contribution in [0.1, 0.15) is 32.8 Å². The number of hydrogen-bond donors (Lipinski definition) is 2. The minimum absolute atomic E-state index is 0.0695. The van der Waals surface area contributed by atoms with E-state index in [1.165, 1.54) is 11.3 Å². The van der Waals surface area contributed by atoms with Gasteiger partial charge >= 0.3 is 0 Å². The van der Waals surface area contributed by atoms with Gasteiger partial charge in [-0.3, -0.25) is 0 Å². The second kappa shape index (κ2) is 5.17. The molecule has 1 rings (SSSR count). The van der Waals surface area contributed by atoms with Crippen LogP contribution in [-0.2, 0) is 6.42 Å². The van der Waals surface area contributed by atoms with Crippen molar-refractivity contribution >= 4 is 5.69 Å². The molecule has 0 aromatic heterocycles. The molecule has 0 heterocycles. The zero-order valence-electron chi connectivity index (χ0n) is 10.0. The Hall–Kier alpha value is -1.02. The molecule has 0 fully saturated rings. The summed E-state index contributed by atoms with van der Waals surface area (Å²) in [4.78, 5) is 0. The van der Waals surface area contributed by atoms with E-state index in [0.717, 1.165) is 12.8 Å². The molecule has 84 valence electrons. The summed E-state index contributed by atoms with van der Waals surface area (Å²) >= 11 is 0. The number of benzene rings is 1. The van der Waals surface area contributed by atoms with Gasteiger partial charge in [0, 0.05) is 11.2 Å². The molecule has 3 N–H and O–H groups in total. The summed E-state index contributed by atoms with van der Waals surface area (Å²) < 4.78 is 0. The van der Waals surface area contributed by atoms with E-state index in [9.17, 15) is 0 Å². The third-order valence-electron chi connectivity index (χ3n) is 2.64. The average Bonchev–Trinajstić information content (AvgIpc) is 2.17. The van der Waals surface area contributed by atoms with Crippen LogP contribution in [0.2, 0.25) is 0 Å². The van der Waals surface area contributed by atoms with E-state index in [4.69, 9.17) is 5.73 Å². The van der Waals surface area contributed by atoms with Gasteiger partial charge in [0.05, 0.1) is 0 Å². The number of para-hydroxylation sites is 1. The maximum Gasteiger partial charge on any atom is 0.0376 e. The van der Waals surface area contributed by atoms with E-state index in [1.54, 1.807) is 0 Å². The average molecular weight is 206 g/mol. The number of anilines is 1. The summed E-state index contributed by atoms with van der Waals surface area (Å²) in [5.74, 6) is 0. The second-order valence-corrected chi connectivity index (χ2v) is 4.56. The first kappa shape index (κ1) is 12.1. The minimum atomic E-state index is 0.0695. The normalized spacial score (nSPS) is 11.5. The Morgan fingerprint density at radius 1 is 1.27 bits per heavy atom. The van der Waals surface area contributed by atoms with Gasteiger partial charge in [0.1, 0.15) is 0 Å². The highest BCUT2D eigenvalue weighted by molar-refractivity contribution is 5.52. The predicted molar refractivity (Wildman–Crippen MR) is 67.2 cm³/mol. The molecule has 0 aliphatic heterocycles. The SMILES string of the molecule is CCc1ccccc1NC(C)(C)CCN. The van der Waals surface area contributed by atoms with E-state index in [0.29, 0.717) is 6.54 Å². The van der Waals surface area contributed by atoms with Crippen LogP contribution in [0, 0.1) is 0 Å². The van der Waals surface area contributed by atoms with E-state index in [-0.39, 0.29) is 5.54 Å². The zero-order valence-corrected chi connectivity index (χ0v) is 10.0. The van der Waals surface area contributed by atoms with Crippen molar-refractivity contribution in [2.75, 3.05) is 11.9 Å². The number of aryl methyl sites for hydroxylation is 1. The van der Waals surface area contributed by atoms with Crippen LogP contribution >= 0.6 is 0 Å². The van der Waals surface area contributed by atoms with Crippen molar-refractivity contribution < 1.29 is 0 Å². The van der Waals surface area contributed by atoms with Crippen molar-refractivity contribution in [2.24, 2.45) is 5.73 Å². The summed E-state index contributed by atoms with van der Waals surface area (Å²) in [6, 6.07) is 8.46. The summed E-state index contributed by atoms with van der Waals surface area (Å²) in [5, 5.41) is 3.56. The van der Waals surface area contributed by atoms with Crippen LogP contribution in [0.4, 0.5) is 5.69 Å². The lowest BCUT2D eigenvalue weighted by molar-refractivity contribution is 0.526. The number of hydrogen-bond acceptors (Lipinski definition) is 2. The molecule has 0 saturated carbocycles. The fourth-order valence-corrected chi connectivity index (χ4v) is 1.74. The van der Waals surface area contributed by atoms with Crippen molar-refractivity contribution in [3.05, 3.63) is 29.8 Å². The van der Waals surface area contributed by atoms with Gasteiger partial charge in [0.15, 0.2) is 0 Å². The molecule has 0 bridgehead atoms. The Balaban J connectivity index is 2.79. The van der Waals surface area contributed by atoms with Gasteiger partial charge in [0.25, 0.3) is 0 Å². The minimum Gasteiger partial charge on any atom is -0.380 e. The first-order valence-electron chi connectivity index (χ1n) is 5.65. The van der Waals surface area contributed by atoms with Crippen molar-refractivity contribution in [1.82, 2.24) is 0 Å². The summed E-state index contributed by atoms with van der Waals surface area (Å²) in [6.45, 7) is 7.27. The highest BCUT2D eigenvalue weighted by Crippen LogP contribution is 2.21. The fraction of sp³-hybridized carbons (Fsp3) is 0.538. The van der Waals surface area contributed by atoms with Gasteiger partial charge in [-0.1, -0.05) is 25.1 Å². The van der Waals surface area contributed by atoms with Gasteiger partial charge < -0.3 is 11.1 Å². The molecule has 0 amide bonds. The van der Waals surface area contributed by atoms with Crippen LogP contribution in [-0.4, -0.2) is 12.1 Å². The lowest BCUT2D eigenvalue weighted by atomic mass is 9.99. The molecule has 0 aliphatic rings. The quantitative estimate of drug-likeness (QED) is 0.777. The molecular weight excluding hydrogens is 184 g/mol. The van der Waals surface area contributed by atoms with E-state index < -0.39 is 0 Å². The molecule has 15 heavy (non-hydrogen) atoms. The number of rotatable bonds is 5. The zero-order chi connectivity index (χ0) is 11.3. The second-order valence-electron chi connectivity index (χ2n) is 4.56. The van der Waals surface area contributed by atoms with Crippen molar-refractivity contribution in [2.45, 2.75) is 39.2 Å². The van der Waals surface area contributed by atoms with Crippen LogP contribution in [0.25, 0.3) is 0 Å². The number of nitrogens with two attached hydrogens (primary N) is 1. The standard InChI is InChI=1S/C13H22N2/c1-4-11-7-5-6-8-12(11)15-13(2,3)9-10-14/h5-8,15H,4,9-10,14H2,1-3H3. The van der Waals surface area contributed by atoms with Gasteiger partial charge in [-0.25, -0.2) is 0 Å². The molecule has 0 spiro atoms. The molecule has 2 heteroatoms. The van der Waals surface area contributed by atoms with Crippen LogP contribution in [0.3, 0.4) is 0 Å². The van der Waals surface area contributed by atoms with Gasteiger partial charge in [-0.05, 0) is 44.9 Å². The number of nitrogens with one attached hydrogen (secondary N) is 1. The molecule has 0 saturated heterocycles. The molecule has 0 radical (unpaired) electrons. The van der Waals surface area contributed by atoms with Crippen molar-refractivity contribution in [1.29, 1.82) is 0 Å². The third-order valence-corrected chi connectivity index (χ3v) is 2.64. The molecule has 2 nitrogen and oxygen atoms in total. The summed E-state index contributed by atoms with van der Waals surface area (Å²) in [6.07, 6.45) is 2.03. The van der Waals surface area contributed by atoms with E-state index in [1.807, 2.05) is 0 Å². The summed E-state index contributed by atoms with van der Waals surface area (Å²) in [5.41, 5.74) is 8.27. The molecule has 0 aliphatic carbocycles. The Kier molecular flexibility index (Phi) is 4.15.